The molecular formula is C11H7N3O3. The van der Waals surface area contributed by atoms with Crippen LogP contribution in [0.4, 0.5) is 5.69 Å². The fraction of sp³-hybridized carbons (Fsp3) is 0.0909. The zero-order valence-electron chi connectivity index (χ0n) is 8.54. The molecule has 3 rings (SSSR count). The van der Waals surface area contributed by atoms with Crippen molar-refractivity contribution < 1.29 is 14.7 Å². The number of hydrogen-bond acceptors (Lipinski definition) is 4. The highest BCUT2D eigenvalue weighted by molar-refractivity contribution is 5.99. The molecule has 0 bridgehead atoms. The topological polar surface area (TPSA) is 91.1 Å². The van der Waals surface area contributed by atoms with E-state index in [0.717, 1.165) is 5.69 Å². The van der Waals surface area contributed by atoms with Gasteiger partial charge in [0, 0.05) is 17.5 Å². The average Bonchev–Trinajstić information content (AvgIpc) is 2.71. The van der Waals surface area contributed by atoms with E-state index in [2.05, 4.69) is 15.5 Å². The second-order valence-electron chi connectivity index (χ2n) is 3.77. The molecule has 0 radical (unpaired) electrons. The van der Waals surface area contributed by atoms with Crippen molar-refractivity contribution in [1.29, 1.82) is 0 Å². The molecule has 1 atom stereocenters. The Bertz CT molecular complexity index is 604. The van der Waals surface area contributed by atoms with E-state index in [9.17, 15) is 9.59 Å². The van der Waals surface area contributed by atoms with Crippen LogP contribution in [0, 0.1) is 0 Å². The highest BCUT2D eigenvalue weighted by atomic mass is 16.4. The predicted molar refractivity (Wildman–Crippen MR) is 57.7 cm³/mol. The summed E-state index contributed by atoms with van der Waals surface area (Å²) >= 11 is 0. The van der Waals surface area contributed by atoms with Crippen molar-refractivity contribution in [2.75, 3.05) is 5.32 Å². The largest absolute Gasteiger partial charge is 0.478 e. The second kappa shape index (κ2) is 3.24. The van der Waals surface area contributed by atoms with Crippen LogP contribution < -0.4 is 5.32 Å². The Hall–Kier alpha value is -2.50. The van der Waals surface area contributed by atoms with E-state index in [1.807, 2.05) is 0 Å². The summed E-state index contributed by atoms with van der Waals surface area (Å²) in [6.07, 6.45) is 1.57. The molecule has 0 saturated carbocycles. The fourth-order valence-corrected chi connectivity index (χ4v) is 1.93. The van der Waals surface area contributed by atoms with Gasteiger partial charge in [0.05, 0.1) is 11.1 Å². The van der Waals surface area contributed by atoms with Gasteiger partial charge in [0.2, 0.25) is 0 Å². The SMILES string of the molecule is O=C1N=NC2C1=CNc1ccc(C(=O)O)cc12. The van der Waals surface area contributed by atoms with E-state index in [4.69, 9.17) is 5.11 Å². The zero-order chi connectivity index (χ0) is 12.0. The predicted octanol–water partition coefficient (Wildman–Crippen LogP) is 1.73. The maximum Gasteiger partial charge on any atom is 0.335 e. The van der Waals surface area contributed by atoms with Crippen molar-refractivity contribution in [2.24, 2.45) is 10.2 Å². The number of aromatic carboxylic acids is 1. The smallest absolute Gasteiger partial charge is 0.335 e. The Morgan fingerprint density at radius 1 is 1.41 bits per heavy atom. The summed E-state index contributed by atoms with van der Waals surface area (Å²) in [5.74, 6) is -1.39. The van der Waals surface area contributed by atoms with Gasteiger partial charge in [0.25, 0.3) is 5.91 Å². The molecule has 2 aliphatic rings. The lowest BCUT2D eigenvalue weighted by atomic mass is 9.94. The number of carbonyl (C=O) groups is 2. The number of hydrogen-bond donors (Lipinski definition) is 2. The van der Waals surface area contributed by atoms with Crippen LogP contribution in [0.2, 0.25) is 0 Å². The summed E-state index contributed by atoms with van der Waals surface area (Å²) in [5.41, 5.74) is 2.02. The molecule has 6 nitrogen and oxygen atoms in total. The van der Waals surface area contributed by atoms with E-state index < -0.39 is 12.0 Å². The van der Waals surface area contributed by atoms with Crippen LogP contribution in [-0.2, 0) is 4.79 Å². The summed E-state index contributed by atoms with van der Waals surface area (Å²) < 4.78 is 0. The van der Waals surface area contributed by atoms with Crippen LogP contribution in [0.5, 0.6) is 0 Å². The molecule has 1 aromatic rings. The molecule has 2 aliphatic heterocycles. The maximum atomic E-state index is 11.4. The number of azo groups is 1. The number of carboxylic acid groups (broad SMARTS) is 1. The number of fused-ring (bicyclic) bond motifs is 3. The Morgan fingerprint density at radius 3 is 3.00 bits per heavy atom. The van der Waals surface area contributed by atoms with Crippen molar-refractivity contribution in [1.82, 2.24) is 0 Å². The van der Waals surface area contributed by atoms with Gasteiger partial charge >= 0.3 is 5.97 Å². The fourth-order valence-electron chi connectivity index (χ4n) is 1.93. The van der Waals surface area contributed by atoms with Gasteiger partial charge < -0.3 is 10.4 Å². The van der Waals surface area contributed by atoms with Crippen molar-refractivity contribution in [2.45, 2.75) is 6.04 Å². The monoisotopic (exact) mass is 229 g/mol. The molecule has 6 heteroatoms. The van der Waals surface area contributed by atoms with Gasteiger partial charge in [0.15, 0.2) is 0 Å². The third-order valence-electron chi connectivity index (χ3n) is 2.78. The molecule has 0 aromatic heterocycles. The van der Waals surface area contributed by atoms with Crippen LogP contribution in [0.3, 0.4) is 0 Å². The van der Waals surface area contributed by atoms with Crippen molar-refractivity contribution in [3.63, 3.8) is 0 Å². The summed E-state index contributed by atoms with van der Waals surface area (Å²) in [7, 11) is 0. The van der Waals surface area contributed by atoms with Crippen molar-refractivity contribution in [3.8, 4) is 0 Å². The van der Waals surface area contributed by atoms with E-state index in [-0.39, 0.29) is 11.5 Å². The Kier molecular flexibility index (Phi) is 1.85. The van der Waals surface area contributed by atoms with Gasteiger partial charge in [-0.15, -0.1) is 5.11 Å². The average molecular weight is 229 g/mol. The van der Waals surface area contributed by atoms with Gasteiger partial charge in [0.1, 0.15) is 6.04 Å². The number of rotatable bonds is 1. The third-order valence-corrected chi connectivity index (χ3v) is 2.78. The summed E-state index contributed by atoms with van der Waals surface area (Å²) in [6, 6.07) is 4.20. The van der Waals surface area contributed by atoms with E-state index in [0.29, 0.717) is 11.1 Å². The number of benzene rings is 1. The third kappa shape index (κ3) is 1.34. The minimum absolute atomic E-state index is 0.168. The standard InChI is InChI=1S/C11H7N3O3/c15-10-7-4-12-8-2-1-5(11(16)17)3-6(8)9(7)13-14-10/h1-4,9,12H,(H,16,17). The Balaban J connectivity index is 2.13. The zero-order valence-corrected chi connectivity index (χ0v) is 8.54. The van der Waals surface area contributed by atoms with Crippen LogP contribution in [0.1, 0.15) is 22.0 Å². The lowest BCUT2D eigenvalue weighted by molar-refractivity contribution is -0.114. The summed E-state index contributed by atoms with van der Waals surface area (Å²) in [6.45, 7) is 0. The number of amides is 1. The first kappa shape index (κ1) is 9.71. The molecule has 1 aromatic carbocycles. The first-order chi connectivity index (χ1) is 8.16. The minimum Gasteiger partial charge on any atom is -0.478 e. The molecule has 0 saturated heterocycles. The van der Waals surface area contributed by atoms with Gasteiger partial charge in [-0.1, -0.05) is 0 Å². The summed E-state index contributed by atoms with van der Waals surface area (Å²) in [5, 5.41) is 19.2. The maximum absolute atomic E-state index is 11.4. The molecule has 0 fully saturated rings. The molecule has 17 heavy (non-hydrogen) atoms. The Labute approximate surface area is 95.7 Å². The highest BCUT2D eigenvalue weighted by Crippen LogP contribution is 2.39. The molecular weight excluding hydrogens is 222 g/mol. The lowest BCUT2D eigenvalue weighted by Gasteiger charge is -2.19. The lowest BCUT2D eigenvalue weighted by Crippen LogP contribution is -2.12. The first-order valence-corrected chi connectivity index (χ1v) is 4.96. The molecule has 2 heterocycles. The van der Waals surface area contributed by atoms with E-state index in [1.54, 1.807) is 12.3 Å². The number of nitrogens with one attached hydrogen (secondary N) is 1. The highest BCUT2D eigenvalue weighted by Gasteiger charge is 2.33. The molecule has 84 valence electrons. The molecule has 1 amide bonds. The normalized spacial score (nSPS) is 20.4. The van der Waals surface area contributed by atoms with Crippen molar-refractivity contribution >= 4 is 17.6 Å². The van der Waals surface area contributed by atoms with E-state index in [1.165, 1.54) is 12.1 Å². The van der Waals surface area contributed by atoms with Crippen LogP contribution in [0.15, 0.2) is 40.2 Å². The molecule has 0 aliphatic carbocycles. The van der Waals surface area contributed by atoms with Gasteiger partial charge in [-0.2, -0.15) is 5.11 Å². The minimum atomic E-state index is -1.01. The number of carboxylic acids is 1. The van der Waals surface area contributed by atoms with Gasteiger partial charge in [-0.3, -0.25) is 4.79 Å². The van der Waals surface area contributed by atoms with Crippen LogP contribution >= 0.6 is 0 Å². The molecule has 1 unspecified atom stereocenters. The van der Waals surface area contributed by atoms with Gasteiger partial charge in [-0.25, -0.2) is 4.79 Å². The Morgan fingerprint density at radius 2 is 2.24 bits per heavy atom. The van der Waals surface area contributed by atoms with Crippen LogP contribution in [0.25, 0.3) is 0 Å². The number of anilines is 1. The molecule has 0 spiro atoms. The second-order valence-corrected chi connectivity index (χ2v) is 3.77. The number of nitrogens with zero attached hydrogens (tertiary/aromatic N) is 2. The van der Waals surface area contributed by atoms with E-state index >= 15 is 0 Å². The summed E-state index contributed by atoms with van der Waals surface area (Å²) in [4.78, 5) is 22.2. The quantitative estimate of drug-likeness (QED) is 0.767. The van der Waals surface area contributed by atoms with Crippen LogP contribution in [-0.4, -0.2) is 17.0 Å². The van der Waals surface area contributed by atoms with Crippen molar-refractivity contribution in [3.05, 3.63) is 41.1 Å². The van der Waals surface area contributed by atoms with Gasteiger partial charge in [-0.05, 0) is 18.2 Å². The molecule has 2 N–H and O–H groups in total. The first-order valence-electron chi connectivity index (χ1n) is 4.96. The number of carbonyl (C=O) groups excluding carboxylic acids is 1.